The minimum absolute atomic E-state index is 0.0233. The summed E-state index contributed by atoms with van der Waals surface area (Å²) in [4.78, 5) is 25.6. The van der Waals surface area contributed by atoms with E-state index in [2.05, 4.69) is 9.97 Å². The third-order valence-electron chi connectivity index (χ3n) is 5.46. The van der Waals surface area contributed by atoms with E-state index in [1.165, 1.54) is 23.5 Å². The van der Waals surface area contributed by atoms with Gasteiger partial charge in [-0.3, -0.25) is 4.79 Å². The van der Waals surface area contributed by atoms with Gasteiger partial charge in [-0.1, -0.05) is 12.1 Å². The minimum atomic E-state index is -0.323. The maximum absolute atomic E-state index is 13.8. The number of carbonyl (C=O) groups is 1. The molecule has 1 atom stereocenters. The van der Waals surface area contributed by atoms with Crippen molar-refractivity contribution in [1.82, 2.24) is 14.9 Å². The number of hydrogen-bond donors (Lipinski definition) is 0. The summed E-state index contributed by atoms with van der Waals surface area (Å²) in [5.41, 5.74) is 1.50. The molecule has 1 saturated heterocycles. The number of nitrogens with zero attached hydrogens (tertiary/aromatic N) is 3. The van der Waals surface area contributed by atoms with E-state index in [1.807, 2.05) is 13.0 Å². The molecule has 1 unspecified atom stereocenters. The quantitative estimate of drug-likeness (QED) is 0.505. The molecule has 4 rings (SSSR count). The van der Waals surface area contributed by atoms with Crippen molar-refractivity contribution in [2.75, 3.05) is 27.4 Å². The number of amides is 1. The molecule has 0 radical (unpaired) electrons. The second-order valence-corrected chi connectivity index (χ2v) is 8.77. The van der Waals surface area contributed by atoms with E-state index in [9.17, 15) is 9.18 Å². The second-order valence-electron chi connectivity index (χ2n) is 7.77. The number of thiophene rings is 1. The molecule has 1 aliphatic rings. The van der Waals surface area contributed by atoms with Gasteiger partial charge >= 0.3 is 0 Å². The first-order valence-corrected chi connectivity index (χ1v) is 11.3. The number of carbonyl (C=O) groups excluding carboxylic acids is 1. The van der Waals surface area contributed by atoms with Gasteiger partial charge in [0.15, 0.2) is 5.82 Å². The monoisotopic (exact) mass is 459 g/mol. The van der Waals surface area contributed by atoms with Crippen molar-refractivity contribution in [2.24, 2.45) is 0 Å². The SMILES string of the molecule is COCc1nc(OC)c2c(C)c(C(=O)N(Cc3cccc(F)c3)CC3CCCO3)sc2n1. The molecular formula is C23H26FN3O4S. The number of ether oxygens (including phenoxy) is 3. The minimum Gasteiger partial charge on any atom is -0.480 e. The zero-order valence-corrected chi connectivity index (χ0v) is 19.2. The largest absolute Gasteiger partial charge is 0.480 e. The van der Waals surface area contributed by atoms with E-state index in [0.717, 1.165) is 29.4 Å². The van der Waals surface area contributed by atoms with Gasteiger partial charge in [0.1, 0.15) is 17.3 Å². The summed E-state index contributed by atoms with van der Waals surface area (Å²) in [7, 11) is 3.12. The molecule has 1 fully saturated rings. The third-order valence-corrected chi connectivity index (χ3v) is 6.64. The van der Waals surface area contributed by atoms with E-state index in [4.69, 9.17) is 14.2 Å². The van der Waals surface area contributed by atoms with Gasteiger partial charge in [0.05, 0.1) is 23.5 Å². The highest BCUT2D eigenvalue weighted by atomic mass is 32.1. The van der Waals surface area contributed by atoms with E-state index in [-0.39, 0.29) is 24.4 Å². The molecule has 3 heterocycles. The van der Waals surface area contributed by atoms with Gasteiger partial charge in [-0.05, 0) is 43.0 Å². The first-order chi connectivity index (χ1) is 15.5. The number of aryl methyl sites for hydroxylation is 1. The summed E-state index contributed by atoms with van der Waals surface area (Å²) in [6.07, 6.45) is 1.85. The first-order valence-electron chi connectivity index (χ1n) is 10.5. The lowest BCUT2D eigenvalue weighted by atomic mass is 10.1. The fourth-order valence-corrected chi connectivity index (χ4v) is 5.10. The predicted molar refractivity (Wildman–Crippen MR) is 120 cm³/mol. The highest BCUT2D eigenvalue weighted by molar-refractivity contribution is 7.20. The van der Waals surface area contributed by atoms with Crippen LogP contribution in [0, 0.1) is 12.7 Å². The summed E-state index contributed by atoms with van der Waals surface area (Å²) in [5.74, 6) is 0.454. The first kappa shape index (κ1) is 22.6. The molecule has 1 aromatic carbocycles. The lowest BCUT2D eigenvalue weighted by Crippen LogP contribution is -2.36. The molecule has 1 aliphatic heterocycles. The van der Waals surface area contributed by atoms with Crippen LogP contribution < -0.4 is 4.74 Å². The van der Waals surface area contributed by atoms with Crippen LogP contribution >= 0.6 is 11.3 Å². The van der Waals surface area contributed by atoms with Crippen LogP contribution in [0.1, 0.15) is 39.5 Å². The summed E-state index contributed by atoms with van der Waals surface area (Å²) >= 11 is 1.31. The average molecular weight is 460 g/mol. The highest BCUT2D eigenvalue weighted by Crippen LogP contribution is 2.36. The normalized spacial score (nSPS) is 15.9. The van der Waals surface area contributed by atoms with Crippen LogP contribution in [0.5, 0.6) is 5.88 Å². The Hall–Kier alpha value is -2.62. The maximum Gasteiger partial charge on any atom is 0.264 e. The maximum atomic E-state index is 13.8. The molecular weight excluding hydrogens is 433 g/mol. The van der Waals surface area contributed by atoms with Gasteiger partial charge in [-0.2, -0.15) is 4.98 Å². The van der Waals surface area contributed by atoms with Crippen molar-refractivity contribution in [2.45, 2.75) is 39.0 Å². The van der Waals surface area contributed by atoms with Gasteiger partial charge in [0.2, 0.25) is 5.88 Å². The number of halogens is 1. The molecule has 32 heavy (non-hydrogen) atoms. The van der Waals surface area contributed by atoms with Gasteiger partial charge in [0, 0.05) is 26.8 Å². The van der Waals surface area contributed by atoms with E-state index in [1.54, 1.807) is 25.2 Å². The van der Waals surface area contributed by atoms with Crippen LogP contribution in [0.2, 0.25) is 0 Å². The molecule has 9 heteroatoms. The number of methoxy groups -OCH3 is 2. The third kappa shape index (κ3) is 4.74. The van der Waals surface area contributed by atoms with E-state index < -0.39 is 0 Å². The van der Waals surface area contributed by atoms with Gasteiger partial charge in [-0.15, -0.1) is 11.3 Å². The fourth-order valence-electron chi connectivity index (χ4n) is 3.94. The van der Waals surface area contributed by atoms with Crippen LogP contribution in [-0.4, -0.2) is 54.3 Å². The second kappa shape index (κ2) is 9.89. The average Bonchev–Trinajstić information content (AvgIpc) is 3.40. The van der Waals surface area contributed by atoms with Gasteiger partial charge < -0.3 is 19.1 Å². The molecule has 0 saturated carbocycles. The number of fused-ring (bicyclic) bond motifs is 1. The Kier molecular flexibility index (Phi) is 6.98. The smallest absolute Gasteiger partial charge is 0.264 e. The van der Waals surface area contributed by atoms with Crippen LogP contribution in [0.25, 0.3) is 10.2 Å². The van der Waals surface area contributed by atoms with Crippen LogP contribution in [-0.2, 0) is 22.6 Å². The van der Waals surface area contributed by atoms with Crippen molar-refractivity contribution in [1.29, 1.82) is 0 Å². The number of benzene rings is 1. The number of hydrogen-bond acceptors (Lipinski definition) is 7. The van der Waals surface area contributed by atoms with Crippen molar-refractivity contribution in [3.05, 3.63) is 51.9 Å². The van der Waals surface area contributed by atoms with Crippen LogP contribution in [0.15, 0.2) is 24.3 Å². The molecule has 2 aromatic heterocycles. The van der Waals surface area contributed by atoms with Gasteiger partial charge in [-0.25, -0.2) is 9.37 Å². The zero-order valence-electron chi connectivity index (χ0n) is 18.4. The lowest BCUT2D eigenvalue weighted by molar-refractivity contribution is 0.0510. The Morgan fingerprint density at radius 3 is 2.88 bits per heavy atom. The van der Waals surface area contributed by atoms with Crippen LogP contribution in [0.3, 0.4) is 0 Å². The summed E-state index contributed by atoms with van der Waals surface area (Å²) in [6.45, 7) is 3.56. The van der Waals surface area contributed by atoms with E-state index in [0.29, 0.717) is 41.1 Å². The molecule has 170 valence electrons. The molecule has 0 spiro atoms. The summed E-state index contributed by atoms with van der Waals surface area (Å²) < 4.78 is 30.2. The molecule has 0 N–H and O–H groups in total. The number of rotatable bonds is 8. The highest BCUT2D eigenvalue weighted by Gasteiger charge is 2.28. The Labute approximate surface area is 190 Å². The van der Waals surface area contributed by atoms with Crippen molar-refractivity contribution in [3.8, 4) is 5.88 Å². The summed E-state index contributed by atoms with van der Waals surface area (Å²) in [6, 6.07) is 6.33. The summed E-state index contributed by atoms with van der Waals surface area (Å²) in [5, 5.41) is 0.725. The lowest BCUT2D eigenvalue weighted by Gasteiger charge is -2.25. The van der Waals surface area contributed by atoms with Crippen molar-refractivity contribution in [3.63, 3.8) is 0 Å². The predicted octanol–water partition coefficient (Wildman–Crippen LogP) is 4.12. The van der Waals surface area contributed by atoms with E-state index >= 15 is 0 Å². The molecule has 3 aromatic rings. The zero-order chi connectivity index (χ0) is 22.7. The van der Waals surface area contributed by atoms with Crippen molar-refractivity contribution >= 4 is 27.5 Å². The van der Waals surface area contributed by atoms with Crippen LogP contribution in [0.4, 0.5) is 4.39 Å². The number of aromatic nitrogens is 2. The topological polar surface area (TPSA) is 73.8 Å². The standard InChI is InChI=1S/C23H26FN3O4S/c1-14-19-21(30-3)25-18(13-29-2)26-22(19)32-20(14)23(28)27(12-17-8-5-9-31-17)11-15-6-4-7-16(24)10-15/h4,6-7,10,17H,5,8-9,11-13H2,1-3H3. The Bertz CT molecular complexity index is 1110. The molecule has 0 aliphatic carbocycles. The Morgan fingerprint density at radius 2 is 2.19 bits per heavy atom. The van der Waals surface area contributed by atoms with Crippen molar-refractivity contribution < 1.29 is 23.4 Å². The molecule has 1 amide bonds. The van der Waals surface area contributed by atoms with Gasteiger partial charge in [0.25, 0.3) is 5.91 Å². The Balaban J connectivity index is 1.70. The Morgan fingerprint density at radius 1 is 1.34 bits per heavy atom. The molecule has 0 bridgehead atoms. The fraction of sp³-hybridized carbons (Fsp3) is 0.435. The molecule has 7 nitrogen and oxygen atoms in total.